The van der Waals surface area contributed by atoms with Crippen LogP contribution in [0.2, 0.25) is 0 Å². The van der Waals surface area contributed by atoms with Crippen LogP contribution in [-0.4, -0.2) is 11.2 Å². The van der Waals surface area contributed by atoms with E-state index >= 15 is 0 Å². The van der Waals surface area contributed by atoms with Crippen molar-refractivity contribution in [1.82, 2.24) is 0 Å². The predicted octanol–water partition coefficient (Wildman–Crippen LogP) is 7.72. The van der Waals surface area contributed by atoms with Crippen molar-refractivity contribution in [2.75, 3.05) is 0 Å². The maximum absolute atomic E-state index is 10.2. The first-order valence-corrected chi connectivity index (χ1v) is 13.0. The summed E-state index contributed by atoms with van der Waals surface area (Å²) in [7, 11) is 0. The van der Waals surface area contributed by atoms with Crippen molar-refractivity contribution in [1.29, 1.82) is 0 Å². The molecule has 0 bridgehead atoms. The summed E-state index contributed by atoms with van der Waals surface area (Å²) in [6, 6.07) is 0. The van der Waals surface area contributed by atoms with Crippen molar-refractivity contribution in [2.24, 2.45) is 46.3 Å². The van der Waals surface area contributed by atoms with E-state index in [1.807, 2.05) is 0 Å². The van der Waals surface area contributed by atoms with Crippen LogP contribution in [0.3, 0.4) is 0 Å². The molecule has 0 amide bonds. The van der Waals surface area contributed by atoms with Crippen LogP contribution in [0, 0.1) is 46.3 Å². The number of aliphatic hydroxyl groups excluding tert-OH is 1. The van der Waals surface area contributed by atoms with Gasteiger partial charge in [0.05, 0.1) is 6.10 Å². The number of aliphatic hydroxyl groups is 1. The number of rotatable bonds is 5. The van der Waals surface area contributed by atoms with Gasteiger partial charge in [0.15, 0.2) is 0 Å². The van der Waals surface area contributed by atoms with Gasteiger partial charge in [0, 0.05) is 0 Å². The minimum absolute atomic E-state index is 0.116. The number of fused-ring (bicyclic) bond motifs is 5. The predicted molar refractivity (Wildman–Crippen MR) is 128 cm³/mol. The molecule has 0 aliphatic heterocycles. The zero-order chi connectivity index (χ0) is 21.7. The second-order valence-electron chi connectivity index (χ2n) is 12.1. The molecule has 1 heteroatoms. The minimum Gasteiger partial charge on any atom is -0.393 e. The Balaban J connectivity index is 1.56. The Labute approximate surface area is 186 Å². The number of allylic oxidation sites excluding steroid dienone is 5. The van der Waals surface area contributed by atoms with E-state index < -0.39 is 0 Å². The Kier molecular flexibility index (Phi) is 6.17. The van der Waals surface area contributed by atoms with Gasteiger partial charge in [-0.3, -0.25) is 0 Å². The van der Waals surface area contributed by atoms with Crippen LogP contribution in [0.25, 0.3) is 0 Å². The average Bonchev–Trinajstić information content (AvgIpc) is 3.06. The van der Waals surface area contributed by atoms with E-state index in [4.69, 9.17) is 0 Å². The summed E-state index contributed by atoms with van der Waals surface area (Å²) in [6.45, 7) is 14.7. The number of hydrogen-bond acceptors (Lipinski definition) is 1. The fraction of sp³-hybridized carbons (Fsp3) is 0.793. The van der Waals surface area contributed by atoms with E-state index in [1.165, 1.54) is 44.1 Å². The maximum Gasteiger partial charge on any atom is 0.0578 e. The minimum atomic E-state index is -0.116. The van der Waals surface area contributed by atoms with E-state index in [9.17, 15) is 5.11 Å². The topological polar surface area (TPSA) is 20.2 Å². The van der Waals surface area contributed by atoms with Crippen LogP contribution in [0.5, 0.6) is 0 Å². The molecule has 0 spiro atoms. The van der Waals surface area contributed by atoms with Crippen LogP contribution in [0.4, 0.5) is 0 Å². The second kappa shape index (κ2) is 8.27. The number of hydrogen-bond donors (Lipinski definition) is 1. The summed E-state index contributed by atoms with van der Waals surface area (Å²) < 4.78 is 0. The molecule has 3 saturated carbocycles. The molecule has 0 radical (unpaired) electrons. The van der Waals surface area contributed by atoms with Crippen LogP contribution in [0.15, 0.2) is 35.5 Å². The normalized spacial score (nSPS) is 42.9. The van der Waals surface area contributed by atoms with Gasteiger partial charge in [-0.15, -0.1) is 0 Å². The van der Waals surface area contributed by atoms with Crippen molar-refractivity contribution >= 4 is 0 Å². The second-order valence-corrected chi connectivity index (χ2v) is 12.1. The van der Waals surface area contributed by atoms with Crippen molar-refractivity contribution in [3.05, 3.63) is 35.5 Å². The zero-order valence-electron chi connectivity index (χ0n) is 20.5. The van der Waals surface area contributed by atoms with Crippen molar-refractivity contribution < 1.29 is 5.11 Å². The lowest BCUT2D eigenvalue weighted by atomic mass is 9.50. The molecule has 3 fully saturated rings. The quantitative estimate of drug-likeness (QED) is 0.460. The lowest BCUT2D eigenvalue weighted by Gasteiger charge is -2.55. The summed E-state index contributed by atoms with van der Waals surface area (Å²) in [5, 5.41) is 10.2. The summed E-state index contributed by atoms with van der Waals surface area (Å²) in [4.78, 5) is 0. The molecule has 0 heterocycles. The van der Waals surface area contributed by atoms with Gasteiger partial charge in [0.25, 0.3) is 0 Å². The third-order valence-electron chi connectivity index (χ3n) is 10.2. The van der Waals surface area contributed by atoms with Gasteiger partial charge >= 0.3 is 0 Å². The van der Waals surface area contributed by atoms with Gasteiger partial charge in [-0.1, -0.05) is 77.0 Å². The highest BCUT2D eigenvalue weighted by atomic mass is 16.3. The van der Waals surface area contributed by atoms with E-state index in [0.717, 1.165) is 42.4 Å². The third kappa shape index (κ3) is 3.58. The maximum atomic E-state index is 10.2. The van der Waals surface area contributed by atoms with Crippen LogP contribution < -0.4 is 0 Å². The molecule has 4 rings (SSSR count). The summed E-state index contributed by atoms with van der Waals surface area (Å²) >= 11 is 0. The fourth-order valence-electron chi connectivity index (χ4n) is 8.17. The lowest BCUT2D eigenvalue weighted by Crippen LogP contribution is -2.46. The smallest absolute Gasteiger partial charge is 0.0578 e. The molecule has 0 unspecified atom stereocenters. The van der Waals surface area contributed by atoms with Crippen molar-refractivity contribution in [2.45, 2.75) is 99.0 Å². The Morgan fingerprint density at radius 2 is 1.77 bits per heavy atom. The molecule has 30 heavy (non-hydrogen) atoms. The molecule has 4 aliphatic carbocycles. The molecular weight excluding hydrogens is 364 g/mol. The SMILES string of the molecule is CC[C@@H](/C=C/[C@@H](C)[C@H]1CC[C@H]2C3=CC=C4C[C@@H](O)CC[C@]4(C)[C@H]3CC[C@]12C)C(C)C. The monoisotopic (exact) mass is 410 g/mol. The van der Waals surface area contributed by atoms with Crippen molar-refractivity contribution in [3.8, 4) is 0 Å². The highest BCUT2D eigenvalue weighted by molar-refractivity contribution is 5.39. The highest BCUT2D eigenvalue weighted by Crippen LogP contribution is 2.66. The van der Waals surface area contributed by atoms with Gasteiger partial charge in [-0.05, 0) is 97.7 Å². The zero-order valence-corrected chi connectivity index (χ0v) is 20.5. The van der Waals surface area contributed by atoms with Gasteiger partial charge in [0.2, 0.25) is 0 Å². The Morgan fingerprint density at radius 1 is 1.00 bits per heavy atom. The molecule has 4 aliphatic rings. The van der Waals surface area contributed by atoms with Crippen LogP contribution in [0.1, 0.15) is 92.9 Å². The van der Waals surface area contributed by atoms with Gasteiger partial charge in [-0.2, -0.15) is 0 Å². The van der Waals surface area contributed by atoms with Gasteiger partial charge in [-0.25, -0.2) is 0 Å². The Bertz CT molecular complexity index is 727. The fourth-order valence-corrected chi connectivity index (χ4v) is 8.17. The molecule has 8 atom stereocenters. The molecule has 0 aromatic rings. The molecule has 1 N–H and O–H groups in total. The third-order valence-corrected chi connectivity index (χ3v) is 10.2. The highest BCUT2D eigenvalue weighted by Gasteiger charge is 2.56. The van der Waals surface area contributed by atoms with E-state index in [-0.39, 0.29) is 6.10 Å². The molecule has 0 aromatic heterocycles. The summed E-state index contributed by atoms with van der Waals surface area (Å²) in [5.74, 6) is 4.45. The standard InChI is InChI=1S/C29H46O/c1-7-21(19(2)3)9-8-20(4)25-12-13-26-24-11-10-22-18-23(30)14-16-28(22,5)27(24)15-17-29(25,26)6/h8-11,19-21,23,25-27,30H,7,12-18H2,1-6H3/b9-8+/t20-,21+,23+,25-,26+,27+,28+,29-/m1/s1. The first-order chi connectivity index (χ1) is 14.2. The average molecular weight is 411 g/mol. The lowest BCUT2D eigenvalue weighted by molar-refractivity contribution is 0.0382. The molecule has 1 nitrogen and oxygen atoms in total. The van der Waals surface area contributed by atoms with E-state index in [1.54, 1.807) is 5.57 Å². The summed E-state index contributed by atoms with van der Waals surface area (Å²) in [6.07, 6.45) is 19.7. The molecule has 0 aromatic carbocycles. The van der Waals surface area contributed by atoms with E-state index in [2.05, 4.69) is 65.8 Å². The molecule has 168 valence electrons. The summed E-state index contributed by atoms with van der Waals surface area (Å²) in [5.41, 5.74) is 4.07. The first kappa shape index (κ1) is 22.4. The van der Waals surface area contributed by atoms with Gasteiger partial charge in [0.1, 0.15) is 0 Å². The van der Waals surface area contributed by atoms with Crippen molar-refractivity contribution in [3.63, 3.8) is 0 Å². The Morgan fingerprint density at radius 3 is 2.47 bits per heavy atom. The van der Waals surface area contributed by atoms with Crippen LogP contribution in [-0.2, 0) is 0 Å². The first-order valence-electron chi connectivity index (χ1n) is 13.0. The van der Waals surface area contributed by atoms with E-state index in [0.29, 0.717) is 16.7 Å². The van der Waals surface area contributed by atoms with Crippen LogP contribution >= 0.6 is 0 Å². The molecular formula is C29H46O. The molecule has 0 saturated heterocycles. The Hall–Kier alpha value is -0.820. The largest absolute Gasteiger partial charge is 0.393 e. The van der Waals surface area contributed by atoms with Gasteiger partial charge < -0.3 is 5.11 Å².